The number of fused-ring (bicyclic) bond motifs is 2. The monoisotopic (exact) mass is 372 g/mol. The average Bonchev–Trinajstić information content (AvgIpc) is 3.32. The second-order valence-electron chi connectivity index (χ2n) is 7.94. The van der Waals surface area contributed by atoms with Crippen molar-refractivity contribution in [1.29, 1.82) is 0 Å². The maximum absolute atomic E-state index is 12.5. The van der Waals surface area contributed by atoms with Crippen LogP contribution in [0.4, 0.5) is 10.5 Å². The second kappa shape index (κ2) is 6.64. The van der Waals surface area contributed by atoms with Gasteiger partial charge in [-0.1, -0.05) is 18.2 Å². The number of hydrogen-bond donors (Lipinski definition) is 3. The van der Waals surface area contributed by atoms with Gasteiger partial charge in [-0.25, -0.2) is 4.79 Å². The molecule has 1 aromatic rings. The molecule has 2 aliphatic carbocycles. The van der Waals surface area contributed by atoms with Gasteiger partial charge >= 0.3 is 12.1 Å². The van der Waals surface area contributed by atoms with Crippen molar-refractivity contribution in [3.63, 3.8) is 0 Å². The zero-order chi connectivity index (χ0) is 19.2. The number of carboxylic acids is 1. The number of nitrogens with one attached hydrogen (secondary N) is 1. The zero-order valence-electron chi connectivity index (χ0n) is 15.1. The predicted octanol–water partition coefficient (Wildman–Crippen LogP) is 2.43. The van der Waals surface area contributed by atoms with Crippen LogP contribution in [-0.2, 0) is 16.0 Å². The molecule has 3 unspecified atom stereocenters. The van der Waals surface area contributed by atoms with E-state index in [9.17, 15) is 19.5 Å². The van der Waals surface area contributed by atoms with Gasteiger partial charge in [-0.2, -0.15) is 0 Å². The molecule has 0 saturated heterocycles. The van der Waals surface area contributed by atoms with Crippen LogP contribution >= 0.6 is 0 Å². The maximum Gasteiger partial charge on any atom is 0.412 e. The number of para-hydroxylation sites is 1. The number of carboxylic acid groups (broad SMARTS) is 2. The van der Waals surface area contributed by atoms with Crippen LogP contribution in [0, 0.1) is 5.92 Å². The van der Waals surface area contributed by atoms with Gasteiger partial charge in [-0.3, -0.25) is 14.5 Å². The highest BCUT2D eigenvalue weighted by molar-refractivity contribution is 5.93. The molecule has 27 heavy (non-hydrogen) atoms. The van der Waals surface area contributed by atoms with Gasteiger partial charge in [0.2, 0.25) is 0 Å². The predicted molar refractivity (Wildman–Crippen MR) is 97.9 cm³/mol. The largest absolute Gasteiger partial charge is 0.481 e. The van der Waals surface area contributed by atoms with Crippen molar-refractivity contribution in [3.05, 3.63) is 29.8 Å². The SMILES string of the molecule is O=C(O)CCC(=O)C1(NC2CCC3C2Cc2ccccc2N3C(=O)O)CC1. The summed E-state index contributed by atoms with van der Waals surface area (Å²) in [5, 5.41) is 22.1. The summed E-state index contributed by atoms with van der Waals surface area (Å²) in [4.78, 5) is 36.7. The van der Waals surface area contributed by atoms with Crippen molar-refractivity contribution in [1.82, 2.24) is 5.32 Å². The first-order chi connectivity index (χ1) is 12.9. The van der Waals surface area contributed by atoms with Crippen LogP contribution < -0.4 is 10.2 Å². The minimum atomic E-state index is -0.957. The van der Waals surface area contributed by atoms with Gasteiger partial charge < -0.3 is 15.5 Å². The number of amides is 1. The number of ketones is 1. The summed E-state index contributed by atoms with van der Waals surface area (Å²) in [6.07, 6.45) is 2.82. The normalized spacial score (nSPS) is 27.6. The molecule has 2 saturated carbocycles. The third kappa shape index (κ3) is 3.20. The van der Waals surface area contributed by atoms with Crippen LogP contribution in [0.3, 0.4) is 0 Å². The zero-order valence-corrected chi connectivity index (χ0v) is 15.1. The Morgan fingerprint density at radius 2 is 1.85 bits per heavy atom. The van der Waals surface area contributed by atoms with Crippen LogP contribution in [0.2, 0.25) is 0 Å². The Bertz CT molecular complexity index is 788. The van der Waals surface area contributed by atoms with Gasteiger partial charge in [0.1, 0.15) is 0 Å². The third-order valence-corrected chi connectivity index (χ3v) is 6.34. The van der Waals surface area contributed by atoms with Crippen molar-refractivity contribution < 1.29 is 24.6 Å². The molecule has 0 radical (unpaired) electrons. The van der Waals surface area contributed by atoms with Crippen molar-refractivity contribution in [2.24, 2.45) is 5.92 Å². The van der Waals surface area contributed by atoms with Crippen molar-refractivity contribution in [2.75, 3.05) is 4.90 Å². The van der Waals surface area contributed by atoms with Crippen molar-refractivity contribution in [2.45, 2.75) is 62.6 Å². The van der Waals surface area contributed by atoms with Gasteiger partial charge in [-0.15, -0.1) is 0 Å². The Kier molecular flexibility index (Phi) is 4.42. The average molecular weight is 372 g/mol. The van der Waals surface area contributed by atoms with Crippen LogP contribution in [0.15, 0.2) is 24.3 Å². The summed E-state index contributed by atoms with van der Waals surface area (Å²) < 4.78 is 0. The van der Waals surface area contributed by atoms with E-state index in [1.54, 1.807) is 0 Å². The van der Waals surface area contributed by atoms with E-state index in [4.69, 9.17) is 5.11 Å². The lowest BCUT2D eigenvalue weighted by Crippen LogP contribution is -2.53. The van der Waals surface area contributed by atoms with Gasteiger partial charge in [0, 0.05) is 18.5 Å². The van der Waals surface area contributed by atoms with Gasteiger partial charge in [0.15, 0.2) is 5.78 Å². The summed E-state index contributed by atoms with van der Waals surface area (Å²) in [5.74, 6) is -0.860. The van der Waals surface area contributed by atoms with E-state index in [0.29, 0.717) is 0 Å². The highest BCUT2D eigenvalue weighted by Gasteiger charge is 2.54. The van der Waals surface area contributed by atoms with Crippen LogP contribution in [0.5, 0.6) is 0 Å². The quantitative estimate of drug-likeness (QED) is 0.708. The van der Waals surface area contributed by atoms with E-state index in [1.807, 2.05) is 24.3 Å². The molecule has 3 atom stereocenters. The fourth-order valence-electron chi connectivity index (χ4n) is 4.86. The lowest BCUT2D eigenvalue weighted by molar-refractivity contribution is -0.139. The minimum Gasteiger partial charge on any atom is -0.481 e. The summed E-state index contributed by atoms with van der Waals surface area (Å²) >= 11 is 0. The smallest absolute Gasteiger partial charge is 0.412 e. The Balaban J connectivity index is 1.52. The molecular formula is C20H24N2O5. The van der Waals surface area contributed by atoms with E-state index < -0.39 is 17.6 Å². The molecule has 4 rings (SSSR count). The number of carbonyl (C=O) groups excluding carboxylic acids is 1. The van der Waals surface area contributed by atoms with Crippen LogP contribution in [-0.4, -0.2) is 45.7 Å². The first-order valence-electron chi connectivity index (χ1n) is 9.54. The molecule has 0 bridgehead atoms. The maximum atomic E-state index is 12.5. The summed E-state index contributed by atoms with van der Waals surface area (Å²) in [6.45, 7) is 0. The lowest BCUT2D eigenvalue weighted by atomic mass is 9.85. The number of anilines is 1. The Morgan fingerprint density at radius 1 is 1.11 bits per heavy atom. The molecule has 1 aromatic carbocycles. The first-order valence-corrected chi connectivity index (χ1v) is 9.54. The lowest BCUT2D eigenvalue weighted by Gasteiger charge is -2.39. The van der Waals surface area contributed by atoms with E-state index in [0.717, 1.165) is 43.4 Å². The molecule has 0 aromatic heterocycles. The molecule has 2 fully saturated rings. The van der Waals surface area contributed by atoms with Crippen molar-refractivity contribution in [3.8, 4) is 0 Å². The van der Waals surface area contributed by atoms with E-state index in [-0.39, 0.29) is 36.6 Å². The fourth-order valence-corrected chi connectivity index (χ4v) is 4.86. The summed E-state index contributed by atoms with van der Waals surface area (Å²) in [6, 6.07) is 7.61. The molecule has 3 N–H and O–H groups in total. The Hall–Kier alpha value is -2.41. The van der Waals surface area contributed by atoms with Crippen LogP contribution in [0.1, 0.15) is 44.1 Å². The van der Waals surface area contributed by atoms with Crippen LogP contribution in [0.25, 0.3) is 0 Å². The molecular weight excluding hydrogens is 348 g/mol. The van der Waals surface area contributed by atoms with E-state index in [1.165, 1.54) is 4.90 Å². The molecule has 7 heteroatoms. The first kappa shape index (κ1) is 18.0. The highest BCUT2D eigenvalue weighted by atomic mass is 16.4. The number of nitrogens with zero attached hydrogens (tertiary/aromatic N) is 1. The molecule has 1 aliphatic heterocycles. The van der Waals surface area contributed by atoms with E-state index in [2.05, 4.69) is 5.32 Å². The Morgan fingerprint density at radius 3 is 2.52 bits per heavy atom. The third-order valence-electron chi connectivity index (χ3n) is 6.34. The number of carbonyl (C=O) groups is 3. The molecule has 3 aliphatic rings. The standard InChI is InChI=1S/C20H24N2O5/c23-17(7-8-18(24)25)20(9-10-20)21-14-5-6-16-13(14)11-12-3-1-2-4-15(12)22(16)19(26)27/h1-4,13-14,16,21H,5-11H2,(H,24,25)(H,26,27). The van der Waals surface area contributed by atoms with Gasteiger partial charge in [-0.05, 0) is 49.7 Å². The molecule has 0 spiro atoms. The number of aliphatic carboxylic acids is 1. The number of rotatable bonds is 6. The van der Waals surface area contributed by atoms with Crippen molar-refractivity contribution >= 4 is 23.5 Å². The molecule has 1 amide bonds. The molecule has 7 nitrogen and oxygen atoms in total. The molecule has 1 heterocycles. The Labute approximate surface area is 157 Å². The molecule has 144 valence electrons. The summed E-state index contributed by atoms with van der Waals surface area (Å²) in [5.41, 5.74) is 1.20. The topological polar surface area (TPSA) is 107 Å². The second-order valence-corrected chi connectivity index (χ2v) is 7.94. The van der Waals surface area contributed by atoms with Gasteiger partial charge in [0.05, 0.1) is 17.6 Å². The van der Waals surface area contributed by atoms with Gasteiger partial charge in [0.25, 0.3) is 0 Å². The number of hydrogen-bond acceptors (Lipinski definition) is 4. The highest BCUT2D eigenvalue weighted by Crippen LogP contribution is 2.45. The number of Topliss-reactive ketones (excluding diaryl/α,β-unsaturated/α-hetero) is 1. The minimum absolute atomic E-state index is 0.0281. The number of benzene rings is 1. The fraction of sp³-hybridized carbons (Fsp3) is 0.550. The van der Waals surface area contributed by atoms with E-state index >= 15 is 0 Å². The summed E-state index contributed by atoms with van der Waals surface area (Å²) in [7, 11) is 0.